The lowest BCUT2D eigenvalue weighted by atomic mass is 10.1. The van der Waals surface area contributed by atoms with Gasteiger partial charge in [0.15, 0.2) is 11.5 Å². The summed E-state index contributed by atoms with van der Waals surface area (Å²) < 4.78 is 39.1. The van der Waals surface area contributed by atoms with Crippen LogP contribution < -0.4 is 5.56 Å². The van der Waals surface area contributed by atoms with E-state index in [1.165, 1.54) is 18.2 Å². The number of aromatic nitrogens is 2. The van der Waals surface area contributed by atoms with Gasteiger partial charge in [-0.2, -0.15) is 13.2 Å². The van der Waals surface area contributed by atoms with Crippen LogP contribution in [-0.2, 0) is 12.6 Å². The number of aliphatic hydroxyl groups is 1. The number of benzene rings is 1. The van der Waals surface area contributed by atoms with E-state index in [2.05, 4.69) is 4.98 Å². The molecule has 0 aliphatic heterocycles. The topological polar surface area (TPSA) is 83.0 Å². The van der Waals surface area contributed by atoms with Crippen molar-refractivity contribution in [2.75, 3.05) is 6.61 Å². The quantitative estimate of drug-likeness (QED) is 0.831. The van der Waals surface area contributed by atoms with E-state index in [0.717, 1.165) is 0 Å². The average molecular weight is 347 g/mol. The highest BCUT2D eigenvalue weighted by atomic mass is 35.5. The minimum absolute atomic E-state index is 0.0214. The maximum Gasteiger partial charge on any atom is 0.433 e. The Morgan fingerprint density at radius 2 is 1.96 bits per heavy atom. The molecular weight excluding hydrogens is 337 g/mol. The zero-order chi connectivity index (χ0) is 17.2. The zero-order valence-electron chi connectivity index (χ0n) is 11.4. The van der Waals surface area contributed by atoms with E-state index < -0.39 is 47.6 Å². The van der Waals surface area contributed by atoms with Crippen molar-refractivity contribution in [3.63, 3.8) is 0 Å². The minimum Gasteiger partial charge on any atom is -0.396 e. The van der Waals surface area contributed by atoms with Crippen molar-refractivity contribution in [3.8, 4) is 0 Å². The maximum atomic E-state index is 13.0. The highest BCUT2D eigenvalue weighted by molar-refractivity contribution is 6.34. The molecule has 0 fully saturated rings. The molecule has 0 atom stereocenters. The van der Waals surface area contributed by atoms with E-state index in [1.807, 2.05) is 4.98 Å². The second-order valence-electron chi connectivity index (χ2n) is 4.52. The number of hydrogen-bond donors (Lipinski definition) is 2. The molecular formula is C14H10ClF3N2O3. The first-order valence-electron chi connectivity index (χ1n) is 6.36. The van der Waals surface area contributed by atoms with Gasteiger partial charge in [0.25, 0.3) is 5.56 Å². The molecule has 122 valence electrons. The number of nitrogens with one attached hydrogen (secondary N) is 1. The summed E-state index contributed by atoms with van der Waals surface area (Å²) in [6.45, 7) is -0.661. The second-order valence-corrected chi connectivity index (χ2v) is 4.93. The normalized spacial score (nSPS) is 11.5. The molecule has 0 aliphatic rings. The summed E-state index contributed by atoms with van der Waals surface area (Å²) >= 11 is 5.82. The summed E-state index contributed by atoms with van der Waals surface area (Å²) in [5, 5.41) is 8.82. The first-order chi connectivity index (χ1) is 10.8. The first kappa shape index (κ1) is 17.2. The van der Waals surface area contributed by atoms with E-state index in [1.54, 1.807) is 6.07 Å². The second kappa shape index (κ2) is 6.51. The fraction of sp³-hybridized carbons (Fsp3) is 0.214. The standard InChI is InChI=1S/C14H10ClF3N2O3/c15-9-4-2-1-3-7(9)10(22)12-19-11(14(16,17)18)8(5-6-21)13(23)20-12/h1-4,21H,5-6H2,(H,19,20,23). The van der Waals surface area contributed by atoms with Crippen LogP contribution in [0.4, 0.5) is 13.2 Å². The zero-order valence-corrected chi connectivity index (χ0v) is 12.2. The molecule has 0 aliphatic carbocycles. The van der Waals surface area contributed by atoms with Crippen molar-refractivity contribution in [2.45, 2.75) is 12.6 Å². The molecule has 0 bridgehead atoms. The Hall–Kier alpha value is -2.19. The largest absolute Gasteiger partial charge is 0.433 e. The third-order valence-electron chi connectivity index (χ3n) is 2.98. The van der Waals surface area contributed by atoms with Crippen LogP contribution >= 0.6 is 11.6 Å². The van der Waals surface area contributed by atoms with E-state index in [9.17, 15) is 22.8 Å². The van der Waals surface area contributed by atoms with Crippen LogP contribution in [0.3, 0.4) is 0 Å². The predicted octanol–water partition coefficient (Wildman–Crippen LogP) is 2.21. The third kappa shape index (κ3) is 3.59. The number of ketones is 1. The summed E-state index contributed by atoms with van der Waals surface area (Å²) in [5.74, 6) is -1.70. The molecule has 0 spiro atoms. The van der Waals surface area contributed by atoms with Gasteiger partial charge in [-0.1, -0.05) is 23.7 Å². The summed E-state index contributed by atoms with van der Waals surface area (Å²) in [6.07, 6.45) is -5.47. The van der Waals surface area contributed by atoms with Crippen molar-refractivity contribution >= 4 is 17.4 Å². The predicted molar refractivity (Wildman–Crippen MR) is 75.5 cm³/mol. The number of carbonyl (C=O) groups excluding carboxylic acids is 1. The SMILES string of the molecule is O=C(c1nc(C(F)(F)F)c(CCO)c(=O)[nH]1)c1ccccc1Cl. The molecule has 2 aromatic rings. The number of halogens is 4. The highest BCUT2D eigenvalue weighted by Gasteiger charge is 2.37. The van der Waals surface area contributed by atoms with Gasteiger partial charge in [-0.3, -0.25) is 9.59 Å². The number of aromatic amines is 1. The lowest BCUT2D eigenvalue weighted by Gasteiger charge is -2.12. The Balaban J connectivity index is 2.62. The van der Waals surface area contributed by atoms with Gasteiger partial charge in [0.2, 0.25) is 5.78 Å². The molecule has 23 heavy (non-hydrogen) atoms. The van der Waals surface area contributed by atoms with Gasteiger partial charge >= 0.3 is 6.18 Å². The molecule has 1 heterocycles. The van der Waals surface area contributed by atoms with E-state index in [4.69, 9.17) is 16.7 Å². The molecule has 0 saturated heterocycles. The number of alkyl halides is 3. The number of nitrogens with zero attached hydrogens (tertiary/aromatic N) is 1. The molecule has 2 N–H and O–H groups in total. The summed E-state index contributed by atoms with van der Waals surface area (Å²) in [5.41, 5.74) is -3.43. The summed E-state index contributed by atoms with van der Waals surface area (Å²) in [6, 6.07) is 5.71. The van der Waals surface area contributed by atoms with Gasteiger partial charge in [-0.05, 0) is 12.1 Å². The third-order valence-corrected chi connectivity index (χ3v) is 3.31. The smallest absolute Gasteiger partial charge is 0.396 e. The molecule has 2 rings (SSSR count). The van der Waals surface area contributed by atoms with Crippen LogP contribution in [0.15, 0.2) is 29.1 Å². The van der Waals surface area contributed by atoms with E-state index >= 15 is 0 Å². The average Bonchev–Trinajstić information content (AvgIpc) is 2.48. The number of hydrogen-bond acceptors (Lipinski definition) is 4. The molecule has 0 saturated carbocycles. The van der Waals surface area contributed by atoms with Crippen LogP contribution in [0.2, 0.25) is 5.02 Å². The van der Waals surface area contributed by atoms with Crippen LogP contribution in [0.5, 0.6) is 0 Å². The Kier molecular flexibility index (Phi) is 4.86. The van der Waals surface area contributed by atoms with Crippen LogP contribution in [0.25, 0.3) is 0 Å². The van der Waals surface area contributed by atoms with Crippen LogP contribution in [0.1, 0.15) is 27.4 Å². The summed E-state index contributed by atoms with van der Waals surface area (Å²) in [7, 11) is 0. The fourth-order valence-electron chi connectivity index (χ4n) is 1.96. The van der Waals surface area contributed by atoms with E-state index in [0.29, 0.717) is 0 Å². The molecule has 9 heteroatoms. The van der Waals surface area contributed by atoms with Gasteiger partial charge in [0.05, 0.1) is 10.6 Å². The highest BCUT2D eigenvalue weighted by Crippen LogP contribution is 2.29. The number of H-pyrrole nitrogens is 1. The van der Waals surface area contributed by atoms with E-state index in [-0.39, 0.29) is 10.6 Å². The Morgan fingerprint density at radius 3 is 2.52 bits per heavy atom. The van der Waals surface area contributed by atoms with Gasteiger partial charge in [-0.15, -0.1) is 0 Å². The molecule has 1 aromatic heterocycles. The van der Waals surface area contributed by atoms with Gasteiger partial charge in [-0.25, -0.2) is 4.98 Å². The lowest BCUT2D eigenvalue weighted by Crippen LogP contribution is -2.27. The van der Waals surface area contributed by atoms with Gasteiger partial charge in [0, 0.05) is 18.6 Å². The first-order valence-corrected chi connectivity index (χ1v) is 6.74. The number of rotatable bonds is 4. The lowest BCUT2D eigenvalue weighted by molar-refractivity contribution is -0.142. The van der Waals surface area contributed by atoms with Crippen molar-refractivity contribution in [2.24, 2.45) is 0 Å². The van der Waals surface area contributed by atoms with Gasteiger partial charge in [0.1, 0.15) is 0 Å². The van der Waals surface area contributed by atoms with Crippen molar-refractivity contribution in [1.29, 1.82) is 0 Å². The van der Waals surface area contributed by atoms with Crippen molar-refractivity contribution in [1.82, 2.24) is 9.97 Å². The molecule has 0 unspecified atom stereocenters. The molecule has 0 amide bonds. The fourth-order valence-corrected chi connectivity index (χ4v) is 2.18. The van der Waals surface area contributed by atoms with Crippen molar-refractivity contribution in [3.05, 3.63) is 62.3 Å². The summed E-state index contributed by atoms with van der Waals surface area (Å²) in [4.78, 5) is 29.3. The Bertz CT molecular complexity index is 803. The van der Waals surface area contributed by atoms with Crippen LogP contribution in [-0.4, -0.2) is 27.5 Å². The van der Waals surface area contributed by atoms with Gasteiger partial charge < -0.3 is 10.1 Å². The van der Waals surface area contributed by atoms with Crippen molar-refractivity contribution < 1.29 is 23.1 Å². The molecule has 5 nitrogen and oxygen atoms in total. The number of carbonyl (C=O) groups is 1. The monoisotopic (exact) mass is 346 g/mol. The number of aliphatic hydroxyl groups excluding tert-OH is 1. The molecule has 1 aromatic carbocycles. The minimum atomic E-state index is -4.94. The molecule has 0 radical (unpaired) electrons. The Morgan fingerprint density at radius 1 is 1.30 bits per heavy atom. The van der Waals surface area contributed by atoms with Crippen LogP contribution in [0, 0.1) is 0 Å². The maximum absolute atomic E-state index is 13.0. The Labute approximate surface area is 132 Å².